The van der Waals surface area contributed by atoms with Crippen molar-refractivity contribution in [2.45, 2.75) is 25.2 Å². The number of amides is 2. The van der Waals surface area contributed by atoms with Crippen LogP contribution in [0.1, 0.15) is 24.7 Å². The third-order valence-corrected chi connectivity index (χ3v) is 5.84. The summed E-state index contributed by atoms with van der Waals surface area (Å²) in [4.78, 5) is 19.6. The topological polar surface area (TPSA) is 58.9 Å². The molecule has 2 amide bonds. The van der Waals surface area contributed by atoms with E-state index in [9.17, 15) is 22.4 Å². The quantitative estimate of drug-likeness (QED) is 0.341. The van der Waals surface area contributed by atoms with Gasteiger partial charge in [-0.15, -0.1) is 13.2 Å². The average molecular weight is 484 g/mol. The van der Waals surface area contributed by atoms with Crippen LogP contribution in [0.15, 0.2) is 72.9 Å². The number of nitrogens with zero attached hydrogens (tertiary/aromatic N) is 3. The summed E-state index contributed by atoms with van der Waals surface area (Å²) in [5.41, 5.74) is 2.63. The van der Waals surface area contributed by atoms with Gasteiger partial charge in [-0.25, -0.2) is 14.2 Å². The number of pyridine rings is 1. The highest BCUT2D eigenvalue weighted by Crippen LogP contribution is 2.35. The van der Waals surface area contributed by atoms with E-state index in [1.54, 1.807) is 17.0 Å². The van der Waals surface area contributed by atoms with Crippen molar-refractivity contribution in [3.05, 3.63) is 84.6 Å². The maximum Gasteiger partial charge on any atom is 0.573 e. The van der Waals surface area contributed by atoms with Crippen LogP contribution in [0.3, 0.4) is 0 Å². The molecular formula is C25H20F4N4O2. The summed E-state index contributed by atoms with van der Waals surface area (Å²) in [6.45, 7) is 0.499. The Morgan fingerprint density at radius 2 is 1.77 bits per heavy atom. The Kier molecular flexibility index (Phi) is 5.80. The molecule has 1 N–H and O–H groups in total. The smallest absolute Gasteiger partial charge is 0.406 e. The number of urea groups is 1. The number of rotatable bonds is 4. The number of ether oxygens (including phenoxy) is 1. The number of nitrogens with one attached hydrogen (secondary N) is 1. The molecule has 0 bridgehead atoms. The number of carbonyl (C=O) groups excluding carboxylic acids is 1. The molecule has 1 aliphatic rings. The van der Waals surface area contributed by atoms with Crippen LogP contribution in [0.4, 0.5) is 28.0 Å². The Hall–Kier alpha value is -4.08. The van der Waals surface area contributed by atoms with Crippen molar-refractivity contribution in [1.29, 1.82) is 0 Å². The predicted octanol–water partition coefficient (Wildman–Crippen LogP) is 6.41. The molecule has 1 atom stereocenters. The minimum absolute atomic E-state index is 0.313. The van der Waals surface area contributed by atoms with Gasteiger partial charge >= 0.3 is 12.4 Å². The molecule has 4 aromatic rings. The summed E-state index contributed by atoms with van der Waals surface area (Å²) in [6.07, 6.45) is -1.45. The SMILES string of the molecule is O=C(Nc1ccc(OC(F)(F)F)cc1)N1CCCC1c1nc(-c2ccc(F)cc2)c2ccccn12. The first-order valence-electron chi connectivity index (χ1n) is 10.9. The van der Waals surface area contributed by atoms with Crippen LogP contribution in [-0.4, -0.2) is 33.2 Å². The van der Waals surface area contributed by atoms with Gasteiger partial charge in [0.1, 0.15) is 17.4 Å². The molecule has 2 aromatic carbocycles. The average Bonchev–Trinajstić information content (AvgIpc) is 3.45. The molecule has 3 heterocycles. The minimum Gasteiger partial charge on any atom is -0.406 e. The van der Waals surface area contributed by atoms with Crippen molar-refractivity contribution in [1.82, 2.24) is 14.3 Å². The van der Waals surface area contributed by atoms with Crippen molar-refractivity contribution in [3.8, 4) is 17.0 Å². The Balaban J connectivity index is 1.40. The van der Waals surface area contributed by atoms with E-state index in [1.807, 2.05) is 28.8 Å². The van der Waals surface area contributed by atoms with Gasteiger partial charge in [-0.3, -0.25) is 0 Å². The number of alkyl halides is 3. The van der Waals surface area contributed by atoms with Crippen molar-refractivity contribution in [3.63, 3.8) is 0 Å². The van der Waals surface area contributed by atoms with Crippen molar-refractivity contribution >= 4 is 17.2 Å². The van der Waals surface area contributed by atoms with E-state index in [1.165, 1.54) is 24.3 Å². The minimum atomic E-state index is -4.78. The number of aromatic nitrogens is 2. The maximum absolute atomic E-state index is 13.4. The van der Waals surface area contributed by atoms with Crippen molar-refractivity contribution in [2.24, 2.45) is 0 Å². The van der Waals surface area contributed by atoms with Gasteiger partial charge < -0.3 is 19.4 Å². The monoisotopic (exact) mass is 484 g/mol. The number of anilines is 1. The summed E-state index contributed by atoms with van der Waals surface area (Å²) in [7, 11) is 0. The summed E-state index contributed by atoms with van der Waals surface area (Å²) in [6, 6.07) is 16.0. The van der Waals surface area contributed by atoms with Gasteiger partial charge in [0, 0.05) is 24.0 Å². The second-order valence-electron chi connectivity index (χ2n) is 8.14. The molecule has 1 aliphatic heterocycles. The lowest BCUT2D eigenvalue weighted by Gasteiger charge is -2.24. The molecule has 0 saturated carbocycles. The molecule has 0 aliphatic carbocycles. The summed E-state index contributed by atoms with van der Waals surface area (Å²) in [5, 5.41) is 2.74. The van der Waals surface area contributed by atoms with E-state index in [0.717, 1.165) is 29.6 Å². The predicted molar refractivity (Wildman–Crippen MR) is 121 cm³/mol. The fraction of sp³-hybridized carbons (Fsp3) is 0.200. The second-order valence-corrected chi connectivity index (χ2v) is 8.14. The standard InChI is InChI=1S/C25H20F4N4O2/c26-17-8-6-16(7-9-17)22-20-4-1-2-14-32(20)23(31-22)21-5-3-15-33(21)24(34)30-18-10-12-19(13-11-18)35-25(27,28)29/h1-2,4,6-14,21H,3,5,15H2,(H,30,34). The summed E-state index contributed by atoms with van der Waals surface area (Å²) >= 11 is 0. The number of benzene rings is 2. The maximum atomic E-state index is 13.4. The lowest BCUT2D eigenvalue weighted by Crippen LogP contribution is -2.35. The highest BCUT2D eigenvalue weighted by atomic mass is 19.4. The van der Waals surface area contributed by atoms with Gasteiger partial charge in [0.25, 0.3) is 0 Å². The van der Waals surface area contributed by atoms with E-state index in [0.29, 0.717) is 30.2 Å². The zero-order valence-electron chi connectivity index (χ0n) is 18.3. The number of fused-ring (bicyclic) bond motifs is 1. The summed E-state index contributed by atoms with van der Waals surface area (Å²) < 4.78 is 56.4. The van der Waals surface area contributed by atoms with Crippen LogP contribution in [0.5, 0.6) is 5.75 Å². The number of hydrogen-bond acceptors (Lipinski definition) is 3. The zero-order valence-corrected chi connectivity index (χ0v) is 18.3. The normalized spacial score (nSPS) is 16.0. The number of likely N-dealkylation sites (tertiary alicyclic amines) is 1. The molecule has 0 radical (unpaired) electrons. The molecule has 1 fully saturated rings. The second kappa shape index (κ2) is 8.94. The third-order valence-electron chi connectivity index (χ3n) is 5.84. The van der Waals surface area contributed by atoms with E-state index >= 15 is 0 Å². The number of hydrogen-bond donors (Lipinski definition) is 1. The highest BCUT2D eigenvalue weighted by molar-refractivity contribution is 5.90. The van der Waals surface area contributed by atoms with Crippen molar-refractivity contribution in [2.75, 3.05) is 11.9 Å². The Morgan fingerprint density at radius 3 is 2.49 bits per heavy atom. The third kappa shape index (κ3) is 4.77. The first kappa shape index (κ1) is 22.7. The molecule has 5 rings (SSSR count). The summed E-state index contributed by atoms with van der Waals surface area (Å²) in [5.74, 6) is -0.0256. The molecule has 35 heavy (non-hydrogen) atoms. The van der Waals surface area contributed by atoms with Crippen molar-refractivity contribution < 1.29 is 27.1 Å². The lowest BCUT2D eigenvalue weighted by molar-refractivity contribution is -0.274. The molecule has 2 aromatic heterocycles. The molecule has 10 heteroatoms. The Labute approximate surface area is 197 Å². The van der Waals surface area contributed by atoms with Gasteiger partial charge in [0.15, 0.2) is 0 Å². The molecule has 1 unspecified atom stereocenters. The van der Waals surface area contributed by atoms with Gasteiger partial charge in [0.05, 0.1) is 17.3 Å². The fourth-order valence-electron chi connectivity index (χ4n) is 4.33. The molecule has 6 nitrogen and oxygen atoms in total. The highest BCUT2D eigenvalue weighted by Gasteiger charge is 2.34. The Bertz CT molecular complexity index is 1350. The van der Waals surface area contributed by atoms with Crippen LogP contribution < -0.4 is 10.1 Å². The lowest BCUT2D eigenvalue weighted by atomic mass is 10.1. The molecular weight excluding hydrogens is 464 g/mol. The number of halogens is 4. The molecule has 1 saturated heterocycles. The van der Waals surface area contributed by atoms with Gasteiger partial charge in [0.2, 0.25) is 0 Å². The zero-order chi connectivity index (χ0) is 24.6. The van der Waals surface area contributed by atoms with Crippen LogP contribution in [0, 0.1) is 5.82 Å². The van der Waals surface area contributed by atoms with E-state index in [2.05, 4.69) is 10.1 Å². The first-order valence-corrected chi connectivity index (χ1v) is 10.9. The van der Waals surface area contributed by atoms with Crippen LogP contribution in [-0.2, 0) is 0 Å². The van der Waals surface area contributed by atoms with Gasteiger partial charge in [-0.05, 0) is 73.5 Å². The first-order chi connectivity index (χ1) is 16.8. The number of imidazole rings is 1. The fourth-order valence-corrected chi connectivity index (χ4v) is 4.33. The number of carbonyl (C=O) groups is 1. The van der Waals surface area contributed by atoms with Crippen LogP contribution in [0.25, 0.3) is 16.8 Å². The van der Waals surface area contributed by atoms with Crippen LogP contribution in [0.2, 0.25) is 0 Å². The van der Waals surface area contributed by atoms with Gasteiger partial charge in [-0.2, -0.15) is 0 Å². The largest absolute Gasteiger partial charge is 0.573 e. The van der Waals surface area contributed by atoms with Gasteiger partial charge in [-0.1, -0.05) is 6.07 Å². The molecule has 0 spiro atoms. The Morgan fingerprint density at radius 1 is 1.03 bits per heavy atom. The van der Waals surface area contributed by atoms with E-state index in [-0.39, 0.29) is 23.6 Å². The van der Waals surface area contributed by atoms with E-state index in [4.69, 9.17) is 4.98 Å². The van der Waals surface area contributed by atoms with Crippen LogP contribution >= 0.6 is 0 Å². The molecule has 180 valence electrons. The van der Waals surface area contributed by atoms with E-state index < -0.39 is 6.36 Å².